The van der Waals surface area contributed by atoms with E-state index in [0.717, 1.165) is 5.56 Å². The quantitative estimate of drug-likeness (QED) is 0.719. The van der Waals surface area contributed by atoms with Crippen LogP contribution in [0.1, 0.15) is 26.3 Å². The summed E-state index contributed by atoms with van der Waals surface area (Å²) in [6, 6.07) is 12.3. The van der Waals surface area contributed by atoms with Gasteiger partial charge in [0.2, 0.25) is 0 Å². The molecule has 0 amide bonds. The molecule has 1 N–H and O–H groups in total. The van der Waals surface area contributed by atoms with Gasteiger partial charge in [-0.15, -0.1) is 0 Å². The van der Waals surface area contributed by atoms with Crippen LogP contribution in [0.15, 0.2) is 48.0 Å². The van der Waals surface area contributed by atoms with E-state index in [-0.39, 0.29) is 5.75 Å². The molecule has 3 rings (SSSR count). The van der Waals surface area contributed by atoms with Crippen LogP contribution in [0.3, 0.4) is 0 Å². The van der Waals surface area contributed by atoms with E-state index in [1.165, 1.54) is 12.1 Å². The third-order valence-corrected chi connectivity index (χ3v) is 4.04. The van der Waals surface area contributed by atoms with Crippen LogP contribution >= 0.6 is 11.6 Å². The number of hydrogen-bond donors (Lipinski definition) is 1. The first kappa shape index (κ1) is 19.9. The Kier molecular flexibility index (Phi) is 6.03. The predicted octanol–water partition coefficient (Wildman–Crippen LogP) is 5.92. The molecule has 2 aromatic carbocycles. The zero-order chi connectivity index (χ0) is 19.5. The van der Waals surface area contributed by atoms with Crippen LogP contribution < -0.4 is 4.74 Å². The van der Waals surface area contributed by atoms with Crippen molar-refractivity contribution in [3.63, 3.8) is 0 Å². The van der Waals surface area contributed by atoms with E-state index in [0.29, 0.717) is 23.1 Å². The summed E-state index contributed by atoms with van der Waals surface area (Å²) in [4.78, 5) is 11.3. The topological polar surface area (TPSA) is 46.5 Å². The van der Waals surface area contributed by atoms with Gasteiger partial charge in [-0.25, -0.2) is 13.6 Å². The summed E-state index contributed by atoms with van der Waals surface area (Å²) in [6.45, 7) is 4.63. The van der Waals surface area contributed by atoms with Gasteiger partial charge in [0.05, 0.1) is 5.57 Å². The van der Waals surface area contributed by atoms with E-state index in [2.05, 4.69) is 0 Å². The molecule has 0 aliphatic carbocycles. The second-order valence-electron chi connectivity index (χ2n) is 5.59. The summed E-state index contributed by atoms with van der Waals surface area (Å²) in [5.74, 6) is -4.61. The largest absolute Gasteiger partial charge is 0.478 e. The van der Waals surface area contributed by atoms with Gasteiger partial charge in [0, 0.05) is 23.1 Å². The number of fused-ring (bicyclic) bond motifs is 1. The highest BCUT2D eigenvalue weighted by molar-refractivity contribution is 6.33. The summed E-state index contributed by atoms with van der Waals surface area (Å²) < 4.78 is 32.8. The molecule has 1 atom stereocenters. The minimum Gasteiger partial charge on any atom is -0.478 e. The minimum atomic E-state index is -3.34. The van der Waals surface area contributed by atoms with Gasteiger partial charge in [-0.05, 0) is 23.8 Å². The number of carbonyl (C=O) groups is 1. The Morgan fingerprint density at radius 1 is 1.19 bits per heavy atom. The second kappa shape index (κ2) is 7.87. The van der Waals surface area contributed by atoms with Gasteiger partial charge in [0.25, 0.3) is 5.92 Å². The predicted molar refractivity (Wildman–Crippen MR) is 98.9 cm³/mol. The lowest BCUT2D eigenvalue weighted by Crippen LogP contribution is -2.41. The van der Waals surface area contributed by atoms with Crippen molar-refractivity contribution >= 4 is 23.6 Å². The number of carboxylic acids is 1. The van der Waals surface area contributed by atoms with E-state index in [1.54, 1.807) is 6.07 Å². The molecular weight excluding hydrogens is 362 g/mol. The molecule has 1 unspecified atom stereocenters. The molecule has 0 radical (unpaired) electrons. The van der Waals surface area contributed by atoms with Gasteiger partial charge in [0.15, 0.2) is 6.10 Å². The number of carboxylic acid groups (broad SMARTS) is 1. The highest BCUT2D eigenvalue weighted by Gasteiger charge is 2.44. The van der Waals surface area contributed by atoms with Gasteiger partial charge >= 0.3 is 5.97 Å². The van der Waals surface area contributed by atoms with E-state index in [9.17, 15) is 18.7 Å². The van der Waals surface area contributed by atoms with Gasteiger partial charge < -0.3 is 9.84 Å². The molecule has 0 bridgehead atoms. The van der Waals surface area contributed by atoms with Crippen molar-refractivity contribution in [1.29, 1.82) is 0 Å². The van der Waals surface area contributed by atoms with Crippen LogP contribution in [0.4, 0.5) is 8.78 Å². The molecule has 0 aromatic heterocycles. The number of ether oxygens (including phenoxy) is 1. The van der Waals surface area contributed by atoms with Crippen LogP contribution in [-0.2, 0) is 4.79 Å². The van der Waals surface area contributed by atoms with Crippen molar-refractivity contribution in [2.75, 3.05) is 0 Å². The fourth-order valence-corrected chi connectivity index (χ4v) is 2.89. The Hall–Kier alpha value is -2.40. The molecule has 1 heterocycles. The molecule has 1 aliphatic heterocycles. The Balaban J connectivity index is 0.00000117. The molecule has 1 aliphatic rings. The molecule has 138 valence electrons. The van der Waals surface area contributed by atoms with Crippen molar-refractivity contribution < 1.29 is 23.4 Å². The summed E-state index contributed by atoms with van der Waals surface area (Å²) in [6.07, 6.45) is -0.670. The molecule has 0 fully saturated rings. The maximum Gasteiger partial charge on any atom is 0.335 e. The number of benzene rings is 2. The summed E-state index contributed by atoms with van der Waals surface area (Å²) in [5, 5.41) is 9.57. The highest BCUT2D eigenvalue weighted by Crippen LogP contribution is 2.41. The minimum absolute atomic E-state index is 0.176. The number of rotatable bonds is 3. The van der Waals surface area contributed by atoms with Gasteiger partial charge in [-0.1, -0.05) is 55.8 Å². The number of aliphatic carboxylic acids is 1. The zero-order valence-corrected chi connectivity index (χ0v) is 15.3. The van der Waals surface area contributed by atoms with Crippen LogP contribution in [0.2, 0.25) is 5.02 Å². The Labute approximate surface area is 155 Å². The maximum absolute atomic E-state index is 13.8. The Morgan fingerprint density at radius 2 is 1.81 bits per heavy atom. The molecule has 3 nitrogen and oxygen atoms in total. The monoisotopic (exact) mass is 380 g/mol. The van der Waals surface area contributed by atoms with Crippen molar-refractivity contribution in [2.45, 2.75) is 32.8 Å². The first-order valence-corrected chi connectivity index (χ1v) is 8.53. The maximum atomic E-state index is 13.8. The lowest BCUT2D eigenvalue weighted by Gasteiger charge is -2.29. The van der Waals surface area contributed by atoms with Crippen molar-refractivity contribution in [3.05, 3.63) is 58.6 Å². The van der Waals surface area contributed by atoms with E-state index in [1.807, 2.05) is 44.2 Å². The summed E-state index contributed by atoms with van der Waals surface area (Å²) in [7, 11) is 0. The standard InChI is InChI=1S/C18H13ClF2O3.C2H6/c1-18(20,21)16-13(17(22)23)7-11-8-14(19)12(9-15(11)24-16)10-5-3-2-4-6-10;1-2/h2-9,16H,1H3,(H,22,23);1-2H3. The molecule has 0 spiro atoms. The van der Waals surface area contributed by atoms with Crippen molar-refractivity contribution in [2.24, 2.45) is 0 Å². The molecule has 6 heteroatoms. The lowest BCUT2D eigenvalue weighted by atomic mass is 9.95. The first-order chi connectivity index (χ1) is 12.3. The van der Waals surface area contributed by atoms with Crippen LogP contribution in [0.25, 0.3) is 17.2 Å². The SMILES string of the molecule is CC.CC(F)(F)C1Oc2cc(-c3ccccc3)c(Cl)cc2C=C1C(=O)O. The molecular formula is C20H19ClF2O3. The van der Waals surface area contributed by atoms with Crippen molar-refractivity contribution in [1.82, 2.24) is 0 Å². The van der Waals surface area contributed by atoms with Gasteiger partial charge in [0.1, 0.15) is 5.75 Å². The Bertz CT molecular complexity index is 827. The third-order valence-electron chi connectivity index (χ3n) is 3.73. The molecule has 0 saturated heterocycles. The van der Waals surface area contributed by atoms with Crippen molar-refractivity contribution in [3.8, 4) is 16.9 Å². The van der Waals surface area contributed by atoms with Crippen LogP contribution in [0.5, 0.6) is 5.75 Å². The number of alkyl halides is 2. The number of halogens is 3. The third kappa shape index (κ3) is 4.05. The second-order valence-corrected chi connectivity index (χ2v) is 6.00. The smallest absolute Gasteiger partial charge is 0.335 e. The zero-order valence-electron chi connectivity index (χ0n) is 14.6. The molecule has 0 saturated carbocycles. The van der Waals surface area contributed by atoms with E-state index >= 15 is 0 Å². The van der Waals surface area contributed by atoms with Gasteiger partial charge in [-0.3, -0.25) is 0 Å². The summed E-state index contributed by atoms with van der Waals surface area (Å²) >= 11 is 6.27. The summed E-state index contributed by atoms with van der Waals surface area (Å²) in [5.41, 5.74) is 1.29. The molecule has 2 aromatic rings. The first-order valence-electron chi connectivity index (χ1n) is 8.15. The van der Waals surface area contributed by atoms with Gasteiger partial charge in [-0.2, -0.15) is 0 Å². The average molecular weight is 381 g/mol. The highest BCUT2D eigenvalue weighted by atomic mass is 35.5. The van der Waals surface area contributed by atoms with Crippen LogP contribution in [-0.4, -0.2) is 23.1 Å². The molecule has 26 heavy (non-hydrogen) atoms. The number of hydrogen-bond acceptors (Lipinski definition) is 2. The normalized spacial score (nSPS) is 15.8. The lowest BCUT2D eigenvalue weighted by molar-refractivity contribution is -0.137. The average Bonchev–Trinajstić information content (AvgIpc) is 2.61. The van der Waals surface area contributed by atoms with E-state index < -0.39 is 23.6 Å². The van der Waals surface area contributed by atoms with Crippen LogP contribution in [0, 0.1) is 0 Å². The van der Waals surface area contributed by atoms with E-state index in [4.69, 9.17) is 16.3 Å². The Morgan fingerprint density at radius 3 is 2.35 bits per heavy atom. The fourth-order valence-electron chi connectivity index (χ4n) is 2.61. The fraction of sp³-hybridized carbons (Fsp3) is 0.250.